The van der Waals surface area contributed by atoms with Crippen LogP contribution in [0, 0.1) is 0 Å². The number of guanidine groups is 1. The summed E-state index contributed by atoms with van der Waals surface area (Å²) in [7, 11) is 0. The maximum atomic E-state index is 5.51. The van der Waals surface area contributed by atoms with Crippen molar-refractivity contribution in [3.63, 3.8) is 0 Å². The van der Waals surface area contributed by atoms with Gasteiger partial charge in [-0.3, -0.25) is 9.89 Å². The molecule has 1 aromatic rings. The zero-order chi connectivity index (χ0) is 17.8. The zero-order valence-corrected chi connectivity index (χ0v) is 18.7. The van der Waals surface area contributed by atoms with E-state index in [-0.39, 0.29) is 29.4 Å². The minimum absolute atomic E-state index is 0. The van der Waals surface area contributed by atoms with Crippen molar-refractivity contribution in [1.82, 2.24) is 15.1 Å². The number of halogens is 1. The molecule has 1 unspecified atom stereocenters. The number of likely N-dealkylation sites (tertiary alicyclic amines) is 1. The molecule has 150 valence electrons. The highest BCUT2D eigenvalue weighted by Crippen LogP contribution is 2.48. The van der Waals surface area contributed by atoms with Gasteiger partial charge in [-0.1, -0.05) is 30.3 Å². The Bertz CT molecular complexity index is 614. The molecule has 0 aromatic heterocycles. The van der Waals surface area contributed by atoms with Crippen molar-refractivity contribution in [3.05, 3.63) is 35.9 Å². The number of aliphatic imine (C=N–C) groups is 1. The number of morpholine rings is 1. The van der Waals surface area contributed by atoms with Gasteiger partial charge in [-0.2, -0.15) is 0 Å². The van der Waals surface area contributed by atoms with Gasteiger partial charge in [-0.15, -0.1) is 24.0 Å². The first-order valence-corrected chi connectivity index (χ1v) is 10.2. The molecule has 3 fully saturated rings. The predicted molar refractivity (Wildman–Crippen MR) is 121 cm³/mol. The number of benzene rings is 1. The molecule has 27 heavy (non-hydrogen) atoms. The van der Waals surface area contributed by atoms with Gasteiger partial charge in [0.2, 0.25) is 0 Å². The summed E-state index contributed by atoms with van der Waals surface area (Å²) >= 11 is 0. The Balaban J connectivity index is 0.00000210. The lowest BCUT2D eigenvalue weighted by Crippen LogP contribution is -2.46. The van der Waals surface area contributed by atoms with E-state index in [1.54, 1.807) is 0 Å². The molecule has 2 aliphatic heterocycles. The number of hydrogen-bond donors (Lipinski definition) is 1. The summed E-state index contributed by atoms with van der Waals surface area (Å²) in [4.78, 5) is 10.1. The highest BCUT2D eigenvalue weighted by atomic mass is 127. The van der Waals surface area contributed by atoms with Crippen LogP contribution in [0.4, 0.5) is 0 Å². The van der Waals surface area contributed by atoms with Crippen molar-refractivity contribution in [3.8, 4) is 0 Å². The lowest BCUT2D eigenvalue weighted by molar-refractivity contribution is 0.0195. The molecular weight excluding hydrogens is 451 g/mol. The molecule has 1 atom stereocenters. The van der Waals surface area contributed by atoms with Crippen molar-refractivity contribution in [2.45, 2.75) is 37.6 Å². The number of nitrogens with zero attached hydrogens (tertiary/aromatic N) is 3. The van der Waals surface area contributed by atoms with Gasteiger partial charge in [0.05, 0.1) is 19.8 Å². The topological polar surface area (TPSA) is 40.1 Å². The minimum Gasteiger partial charge on any atom is -0.379 e. The highest BCUT2D eigenvalue weighted by molar-refractivity contribution is 14.0. The van der Waals surface area contributed by atoms with E-state index in [4.69, 9.17) is 9.73 Å². The molecule has 3 aliphatic rings. The van der Waals surface area contributed by atoms with Gasteiger partial charge in [0.25, 0.3) is 0 Å². The summed E-state index contributed by atoms with van der Waals surface area (Å²) in [5.41, 5.74) is 1.73. The molecule has 5 nitrogen and oxygen atoms in total. The second-order valence-corrected chi connectivity index (χ2v) is 7.85. The molecule has 1 saturated carbocycles. The SMILES string of the molecule is CCNC(=NCC1(c2ccccc2)CC1)N1CCC(N2CCOCC2)C1.I. The minimum atomic E-state index is 0. The van der Waals surface area contributed by atoms with Crippen LogP contribution in [0.5, 0.6) is 0 Å². The van der Waals surface area contributed by atoms with Gasteiger partial charge in [0, 0.05) is 44.2 Å². The molecule has 0 bridgehead atoms. The quantitative estimate of drug-likeness (QED) is 0.397. The normalized spacial score (nSPS) is 25.1. The molecule has 0 radical (unpaired) electrons. The fourth-order valence-electron chi connectivity index (χ4n) is 4.31. The third-order valence-corrected chi connectivity index (χ3v) is 6.13. The van der Waals surface area contributed by atoms with E-state index in [1.165, 1.54) is 24.8 Å². The third kappa shape index (κ3) is 4.95. The molecule has 0 amide bonds. The Labute approximate surface area is 180 Å². The predicted octanol–water partition coefficient (Wildman–Crippen LogP) is 2.71. The highest BCUT2D eigenvalue weighted by Gasteiger charge is 2.44. The van der Waals surface area contributed by atoms with Gasteiger partial charge >= 0.3 is 0 Å². The Morgan fingerprint density at radius 2 is 1.93 bits per heavy atom. The summed E-state index contributed by atoms with van der Waals surface area (Å²) < 4.78 is 5.51. The van der Waals surface area contributed by atoms with Crippen molar-refractivity contribution < 1.29 is 4.74 Å². The summed E-state index contributed by atoms with van der Waals surface area (Å²) in [6.07, 6.45) is 3.75. The van der Waals surface area contributed by atoms with Gasteiger partial charge in [0.15, 0.2) is 5.96 Å². The summed E-state index contributed by atoms with van der Waals surface area (Å²) in [6.45, 7) is 10.1. The molecule has 6 heteroatoms. The zero-order valence-electron chi connectivity index (χ0n) is 16.4. The van der Waals surface area contributed by atoms with E-state index < -0.39 is 0 Å². The fraction of sp³-hybridized carbons (Fsp3) is 0.667. The van der Waals surface area contributed by atoms with Crippen LogP contribution in [0.3, 0.4) is 0 Å². The molecule has 1 aliphatic carbocycles. The Hall–Kier alpha value is -0.860. The smallest absolute Gasteiger partial charge is 0.193 e. The van der Waals surface area contributed by atoms with E-state index in [1.807, 2.05) is 0 Å². The van der Waals surface area contributed by atoms with Crippen molar-refractivity contribution in [2.75, 3.05) is 52.5 Å². The van der Waals surface area contributed by atoms with Crippen LogP contribution in [0.25, 0.3) is 0 Å². The van der Waals surface area contributed by atoms with Crippen molar-refractivity contribution >= 4 is 29.9 Å². The third-order valence-electron chi connectivity index (χ3n) is 6.13. The van der Waals surface area contributed by atoms with E-state index in [0.29, 0.717) is 6.04 Å². The largest absolute Gasteiger partial charge is 0.379 e. The summed E-state index contributed by atoms with van der Waals surface area (Å²) in [6, 6.07) is 11.6. The van der Waals surface area contributed by atoms with E-state index >= 15 is 0 Å². The lowest BCUT2D eigenvalue weighted by Gasteiger charge is -2.32. The van der Waals surface area contributed by atoms with Gasteiger partial charge in [-0.25, -0.2) is 0 Å². The first-order chi connectivity index (χ1) is 12.8. The van der Waals surface area contributed by atoms with Crippen LogP contribution in [0.15, 0.2) is 35.3 Å². The summed E-state index contributed by atoms with van der Waals surface area (Å²) in [5.74, 6) is 1.10. The van der Waals surface area contributed by atoms with E-state index in [0.717, 1.165) is 58.4 Å². The molecular formula is C21H33IN4O. The first-order valence-electron chi connectivity index (χ1n) is 10.2. The number of rotatable bonds is 5. The van der Waals surface area contributed by atoms with Crippen LogP contribution in [-0.4, -0.2) is 74.3 Å². The second kappa shape index (κ2) is 9.56. The summed E-state index contributed by atoms with van der Waals surface area (Å²) in [5, 5.41) is 3.53. The molecule has 1 aromatic carbocycles. The Morgan fingerprint density at radius 3 is 2.59 bits per heavy atom. The first kappa shape index (κ1) is 20.9. The van der Waals surface area contributed by atoms with Crippen LogP contribution in [0.2, 0.25) is 0 Å². The van der Waals surface area contributed by atoms with Crippen LogP contribution < -0.4 is 5.32 Å². The van der Waals surface area contributed by atoms with Crippen molar-refractivity contribution in [2.24, 2.45) is 4.99 Å². The van der Waals surface area contributed by atoms with Crippen LogP contribution in [-0.2, 0) is 10.2 Å². The maximum Gasteiger partial charge on any atom is 0.193 e. The molecule has 2 saturated heterocycles. The van der Waals surface area contributed by atoms with Crippen LogP contribution >= 0.6 is 24.0 Å². The van der Waals surface area contributed by atoms with Gasteiger partial charge in [0.1, 0.15) is 0 Å². The average Bonchev–Trinajstić information content (AvgIpc) is 3.34. The molecule has 0 spiro atoms. The fourth-order valence-corrected chi connectivity index (χ4v) is 4.31. The van der Waals surface area contributed by atoms with E-state index in [9.17, 15) is 0 Å². The lowest BCUT2D eigenvalue weighted by atomic mass is 9.96. The Kier molecular flexibility index (Phi) is 7.39. The van der Waals surface area contributed by atoms with Gasteiger partial charge in [-0.05, 0) is 31.7 Å². The monoisotopic (exact) mass is 484 g/mol. The standard InChI is InChI=1S/C21H32N4O.HI/c1-2-22-20(23-17-21(9-10-21)18-6-4-3-5-7-18)25-11-8-19(16-25)24-12-14-26-15-13-24;/h3-7,19H,2,8-17H2,1H3,(H,22,23);1H. The second-order valence-electron chi connectivity index (χ2n) is 7.85. The van der Waals surface area contributed by atoms with E-state index in [2.05, 4.69) is 52.4 Å². The average molecular weight is 484 g/mol. The van der Waals surface area contributed by atoms with Gasteiger partial charge < -0.3 is 15.0 Å². The number of ether oxygens (including phenoxy) is 1. The molecule has 4 rings (SSSR count). The number of nitrogens with one attached hydrogen (secondary N) is 1. The van der Waals surface area contributed by atoms with Crippen LogP contribution in [0.1, 0.15) is 31.7 Å². The Morgan fingerprint density at radius 1 is 1.19 bits per heavy atom. The number of hydrogen-bond acceptors (Lipinski definition) is 3. The molecule has 2 heterocycles. The van der Waals surface area contributed by atoms with Crippen molar-refractivity contribution in [1.29, 1.82) is 0 Å². The maximum absolute atomic E-state index is 5.51. The molecule has 1 N–H and O–H groups in total.